The van der Waals surface area contributed by atoms with Crippen LogP contribution in [-0.4, -0.2) is 18.5 Å². The second-order valence-corrected chi connectivity index (χ2v) is 7.29. The molecule has 0 aromatic heterocycles. The Labute approximate surface area is 128 Å². The standard InChI is InChI=1S/C18H28N2O/c1-18(2,3)16-7-5-4-6-15(16)17(21)20-12-13-8-10-14(19)11-9-13/h4-7,13-14H,8-12,19H2,1-3H3,(H,20,21). The molecule has 0 heterocycles. The number of benzene rings is 1. The first-order valence-electron chi connectivity index (χ1n) is 8.01. The lowest BCUT2D eigenvalue weighted by Crippen LogP contribution is -2.35. The Balaban J connectivity index is 1.98. The molecule has 3 heteroatoms. The Hall–Kier alpha value is -1.35. The van der Waals surface area contributed by atoms with E-state index in [1.807, 2.05) is 18.2 Å². The van der Waals surface area contributed by atoms with Crippen molar-refractivity contribution in [1.29, 1.82) is 0 Å². The molecule has 0 bridgehead atoms. The van der Waals surface area contributed by atoms with E-state index < -0.39 is 0 Å². The zero-order valence-corrected chi connectivity index (χ0v) is 13.5. The highest BCUT2D eigenvalue weighted by molar-refractivity contribution is 5.96. The Kier molecular flexibility index (Phi) is 5.04. The maximum atomic E-state index is 12.5. The first-order valence-corrected chi connectivity index (χ1v) is 8.01. The fourth-order valence-electron chi connectivity index (χ4n) is 3.06. The molecule has 0 unspecified atom stereocenters. The zero-order valence-electron chi connectivity index (χ0n) is 13.5. The van der Waals surface area contributed by atoms with Crippen molar-refractivity contribution in [3.8, 4) is 0 Å². The highest BCUT2D eigenvalue weighted by atomic mass is 16.1. The third-order valence-electron chi connectivity index (χ3n) is 4.42. The summed E-state index contributed by atoms with van der Waals surface area (Å²) < 4.78 is 0. The highest BCUT2D eigenvalue weighted by Gasteiger charge is 2.23. The summed E-state index contributed by atoms with van der Waals surface area (Å²) in [5.41, 5.74) is 7.81. The highest BCUT2D eigenvalue weighted by Crippen LogP contribution is 2.26. The molecular weight excluding hydrogens is 260 g/mol. The fourth-order valence-corrected chi connectivity index (χ4v) is 3.06. The predicted molar refractivity (Wildman–Crippen MR) is 87.4 cm³/mol. The second-order valence-electron chi connectivity index (χ2n) is 7.29. The van der Waals surface area contributed by atoms with Gasteiger partial charge in [0.05, 0.1) is 0 Å². The van der Waals surface area contributed by atoms with E-state index >= 15 is 0 Å². The van der Waals surface area contributed by atoms with Crippen LogP contribution >= 0.6 is 0 Å². The minimum atomic E-state index is -0.0223. The smallest absolute Gasteiger partial charge is 0.251 e. The summed E-state index contributed by atoms with van der Waals surface area (Å²) in [4.78, 5) is 12.5. The third kappa shape index (κ3) is 4.31. The van der Waals surface area contributed by atoms with Crippen molar-refractivity contribution in [2.75, 3.05) is 6.54 Å². The van der Waals surface area contributed by atoms with Gasteiger partial charge in [-0.25, -0.2) is 0 Å². The lowest BCUT2D eigenvalue weighted by molar-refractivity contribution is 0.0941. The van der Waals surface area contributed by atoms with Gasteiger partial charge in [0.2, 0.25) is 0 Å². The third-order valence-corrected chi connectivity index (χ3v) is 4.42. The molecule has 0 atom stereocenters. The Morgan fingerprint density at radius 1 is 1.19 bits per heavy atom. The summed E-state index contributed by atoms with van der Waals surface area (Å²) >= 11 is 0. The molecule has 0 saturated heterocycles. The van der Waals surface area contributed by atoms with Crippen LogP contribution in [0.1, 0.15) is 62.4 Å². The van der Waals surface area contributed by atoms with Gasteiger partial charge in [-0.15, -0.1) is 0 Å². The van der Waals surface area contributed by atoms with Gasteiger partial charge >= 0.3 is 0 Å². The van der Waals surface area contributed by atoms with E-state index in [2.05, 4.69) is 32.2 Å². The summed E-state index contributed by atoms with van der Waals surface area (Å²) in [6.45, 7) is 7.19. The van der Waals surface area contributed by atoms with E-state index in [1.165, 1.54) is 0 Å². The SMILES string of the molecule is CC(C)(C)c1ccccc1C(=O)NCC1CCC(N)CC1. The molecule has 3 nitrogen and oxygen atoms in total. The molecule has 1 aliphatic rings. The quantitative estimate of drug-likeness (QED) is 0.897. The van der Waals surface area contributed by atoms with E-state index in [-0.39, 0.29) is 11.3 Å². The van der Waals surface area contributed by atoms with Gasteiger partial charge in [-0.1, -0.05) is 39.0 Å². The van der Waals surface area contributed by atoms with Gasteiger partial charge in [0.25, 0.3) is 5.91 Å². The van der Waals surface area contributed by atoms with Gasteiger partial charge in [0.1, 0.15) is 0 Å². The average Bonchev–Trinajstić information content (AvgIpc) is 2.45. The molecule has 1 fully saturated rings. The molecule has 0 spiro atoms. The normalized spacial score (nSPS) is 22.9. The lowest BCUT2D eigenvalue weighted by Gasteiger charge is -2.27. The Bertz CT molecular complexity index is 482. The Morgan fingerprint density at radius 3 is 2.43 bits per heavy atom. The van der Waals surface area contributed by atoms with Crippen molar-refractivity contribution in [3.05, 3.63) is 35.4 Å². The molecule has 116 valence electrons. The van der Waals surface area contributed by atoms with Crippen molar-refractivity contribution in [1.82, 2.24) is 5.32 Å². The maximum Gasteiger partial charge on any atom is 0.251 e. The summed E-state index contributed by atoms with van der Waals surface area (Å²) in [6, 6.07) is 8.27. The van der Waals surface area contributed by atoms with E-state index in [0.29, 0.717) is 12.0 Å². The van der Waals surface area contributed by atoms with Crippen LogP contribution < -0.4 is 11.1 Å². The van der Waals surface area contributed by atoms with Crippen molar-refractivity contribution >= 4 is 5.91 Å². The zero-order chi connectivity index (χ0) is 15.5. The van der Waals surface area contributed by atoms with Crippen molar-refractivity contribution in [2.24, 2.45) is 11.7 Å². The van der Waals surface area contributed by atoms with E-state index in [0.717, 1.165) is 43.4 Å². The van der Waals surface area contributed by atoms with Gasteiger partial charge in [0.15, 0.2) is 0 Å². The van der Waals surface area contributed by atoms with Crippen LogP contribution in [0, 0.1) is 5.92 Å². The predicted octanol–water partition coefficient (Wildman–Crippen LogP) is 3.23. The summed E-state index contributed by atoms with van der Waals surface area (Å²) in [7, 11) is 0. The van der Waals surface area contributed by atoms with Crippen molar-refractivity contribution < 1.29 is 4.79 Å². The first-order chi connectivity index (χ1) is 9.88. The molecule has 21 heavy (non-hydrogen) atoms. The maximum absolute atomic E-state index is 12.5. The van der Waals surface area contributed by atoms with Crippen LogP contribution in [0.4, 0.5) is 0 Å². The van der Waals surface area contributed by atoms with Crippen molar-refractivity contribution in [2.45, 2.75) is 57.9 Å². The number of nitrogens with two attached hydrogens (primary N) is 1. The van der Waals surface area contributed by atoms with E-state index in [4.69, 9.17) is 5.73 Å². The van der Waals surface area contributed by atoms with Gasteiger partial charge in [-0.05, 0) is 48.6 Å². The van der Waals surface area contributed by atoms with Crippen LogP contribution in [0.25, 0.3) is 0 Å². The van der Waals surface area contributed by atoms with E-state index in [1.54, 1.807) is 0 Å². The molecule has 1 aromatic carbocycles. The van der Waals surface area contributed by atoms with Gasteiger partial charge < -0.3 is 11.1 Å². The largest absolute Gasteiger partial charge is 0.352 e. The second kappa shape index (κ2) is 6.61. The molecule has 1 amide bonds. The van der Waals surface area contributed by atoms with Gasteiger partial charge in [0, 0.05) is 18.2 Å². The minimum absolute atomic E-state index is 0.0223. The summed E-state index contributed by atoms with van der Waals surface area (Å²) in [5, 5.41) is 3.12. The fraction of sp³-hybridized carbons (Fsp3) is 0.611. The number of amides is 1. The lowest BCUT2D eigenvalue weighted by atomic mass is 9.83. The van der Waals surface area contributed by atoms with Crippen LogP contribution in [0.5, 0.6) is 0 Å². The number of hydrogen-bond donors (Lipinski definition) is 2. The minimum Gasteiger partial charge on any atom is -0.352 e. The van der Waals surface area contributed by atoms with Crippen LogP contribution in [-0.2, 0) is 5.41 Å². The van der Waals surface area contributed by atoms with Crippen LogP contribution in [0.15, 0.2) is 24.3 Å². The molecule has 0 aliphatic heterocycles. The van der Waals surface area contributed by atoms with Crippen LogP contribution in [0.3, 0.4) is 0 Å². The number of carbonyl (C=O) groups is 1. The topological polar surface area (TPSA) is 55.1 Å². The molecule has 1 aliphatic carbocycles. The molecule has 3 N–H and O–H groups in total. The number of hydrogen-bond acceptors (Lipinski definition) is 2. The first kappa shape index (κ1) is 16.0. The monoisotopic (exact) mass is 288 g/mol. The van der Waals surface area contributed by atoms with Gasteiger partial charge in [-0.2, -0.15) is 0 Å². The average molecular weight is 288 g/mol. The molecule has 1 saturated carbocycles. The molecule has 0 radical (unpaired) electrons. The van der Waals surface area contributed by atoms with Crippen molar-refractivity contribution in [3.63, 3.8) is 0 Å². The Morgan fingerprint density at radius 2 is 1.81 bits per heavy atom. The molecule has 1 aromatic rings. The number of carbonyl (C=O) groups excluding carboxylic acids is 1. The molecule has 2 rings (SSSR count). The van der Waals surface area contributed by atoms with E-state index in [9.17, 15) is 4.79 Å². The number of nitrogens with one attached hydrogen (secondary N) is 1. The molecular formula is C18H28N2O. The van der Waals surface area contributed by atoms with Crippen LogP contribution in [0.2, 0.25) is 0 Å². The summed E-state index contributed by atoms with van der Waals surface area (Å²) in [5.74, 6) is 0.631. The number of rotatable bonds is 3. The van der Waals surface area contributed by atoms with Gasteiger partial charge in [-0.3, -0.25) is 4.79 Å². The summed E-state index contributed by atoms with van der Waals surface area (Å²) in [6.07, 6.45) is 4.42.